The molecule has 1 atom stereocenters. The van der Waals surface area contributed by atoms with Crippen molar-refractivity contribution >= 4 is 0 Å². The monoisotopic (exact) mass is 272 g/mol. The Morgan fingerprint density at radius 3 is 2.75 bits per heavy atom. The lowest BCUT2D eigenvalue weighted by atomic mass is 10.1. The summed E-state index contributed by atoms with van der Waals surface area (Å²) in [6.45, 7) is 3.06. The van der Waals surface area contributed by atoms with Crippen LogP contribution in [0.4, 0.5) is 0 Å². The highest BCUT2D eigenvalue weighted by Crippen LogP contribution is 2.21. The van der Waals surface area contributed by atoms with E-state index in [4.69, 9.17) is 4.74 Å². The fourth-order valence-corrected chi connectivity index (χ4v) is 2.56. The maximum atomic E-state index is 5.41. The smallest absolute Gasteiger partial charge is 0.123 e. The second kappa shape index (κ2) is 7.15. The minimum atomic E-state index is 0.443. The van der Waals surface area contributed by atoms with Crippen LogP contribution in [0, 0.1) is 0 Å². The summed E-state index contributed by atoms with van der Waals surface area (Å²) in [4.78, 5) is 0. The molecule has 0 aliphatic heterocycles. The molecule has 1 heterocycles. The van der Waals surface area contributed by atoms with Crippen LogP contribution in [0.1, 0.15) is 36.9 Å². The zero-order valence-corrected chi connectivity index (χ0v) is 12.6. The molecule has 1 aromatic heterocycles. The van der Waals surface area contributed by atoms with Gasteiger partial charge in [-0.1, -0.05) is 31.5 Å². The summed E-state index contributed by atoms with van der Waals surface area (Å²) in [5.41, 5.74) is 2.55. The molecule has 2 aromatic rings. The molecular weight excluding hydrogens is 248 g/mol. The Morgan fingerprint density at radius 1 is 1.25 bits per heavy atom. The molecular formula is C17H24N2O. The van der Waals surface area contributed by atoms with E-state index in [1.165, 1.54) is 17.5 Å². The molecule has 108 valence electrons. The number of nitrogens with one attached hydrogen (secondary N) is 1. The number of ether oxygens (including phenoxy) is 1. The molecule has 0 aliphatic rings. The molecule has 0 fully saturated rings. The average molecular weight is 272 g/mol. The molecule has 0 saturated carbocycles. The van der Waals surface area contributed by atoms with E-state index in [9.17, 15) is 0 Å². The van der Waals surface area contributed by atoms with Crippen LogP contribution < -0.4 is 10.1 Å². The average Bonchev–Trinajstić information content (AvgIpc) is 2.93. The van der Waals surface area contributed by atoms with Gasteiger partial charge < -0.3 is 14.6 Å². The lowest BCUT2D eigenvalue weighted by molar-refractivity contribution is 0.408. The highest BCUT2D eigenvalue weighted by molar-refractivity contribution is 5.33. The summed E-state index contributed by atoms with van der Waals surface area (Å²) in [7, 11) is 3.75. The Balaban J connectivity index is 2.13. The van der Waals surface area contributed by atoms with Crippen molar-refractivity contribution in [1.29, 1.82) is 0 Å². The van der Waals surface area contributed by atoms with Crippen molar-refractivity contribution in [3.63, 3.8) is 0 Å². The predicted molar refractivity (Wildman–Crippen MR) is 83.2 cm³/mol. The fourth-order valence-electron chi connectivity index (χ4n) is 2.56. The number of para-hydroxylation sites is 1. The minimum absolute atomic E-state index is 0.443. The van der Waals surface area contributed by atoms with Crippen LogP contribution in [0.25, 0.3) is 0 Å². The highest BCUT2D eigenvalue weighted by Gasteiger charge is 2.10. The summed E-state index contributed by atoms with van der Waals surface area (Å²) < 4.78 is 7.62. The van der Waals surface area contributed by atoms with Gasteiger partial charge in [-0.15, -0.1) is 0 Å². The first-order chi connectivity index (χ1) is 9.78. The number of aromatic nitrogens is 1. The van der Waals surface area contributed by atoms with Gasteiger partial charge in [-0.3, -0.25) is 0 Å². The van der Waals surface area contributed by atoms with Crippen LogP contribution in [-0.2, 0) is 6.54 Å². The highest BCUT2D eigenvalue weighted by atomic mass is 16.5. The van der Waals surface area contributed by atoms with Crippen LogP contribution >= 0.6 is 0 Å². The quantitative estimate of drug-likeness (QED) is 0.833. The summed E-state index contributed by atoms with van der Waals surface area (Å²) >= 11 is 0. The maximum absolute atomic E-state index is 5.41. The van der Waals surface area contributed by atoms with Gasteiger partial charge >= 0.3 is 0 Å². The van der Waals surface area contributed by atoms with Crippen molar-refractivity contribution in [2.45, 2.75) is 32.4 Å². The molecule has 0 amide bonds. The minimum Gasteiger partial charge on any atom is -0.496 e. The Kier molecular flexibility index (Phi) is 5.24. The number of nitrogens with zero attached hydrogens (tertiary/aromatic N) is 1. The Morgan fingerprint density at radius 2 is 2.05 bits per heavy atom. The van der Waals surface area contributed by atoms with E-state index in [1.54, 1.807) is 7.11 Å². The predicted octanol–water partition coefficient (Wildman–Crippen LogP) is 3.61. The summed E-state index contributed by atoms with van der Waals surface area (Å²) in [5, 5.41) is 3.38. The van der Waals surface area contributed by atoms with Gasteiger partial charge in [-0.2, -0.15) is 0 Å². The van der Waals surface area contributed by atoms with Crippen LogP contribution in [0.5, 0.6) is 5.75 Å². The lowest BCUT2D eigenvalue weighted by Gasteiger charge is -2.13. The van der Waals surface area contributed by atoms with Crippen molar-refractivity contribution in [1.82, 2.24) is 9.88 Å². The molecule has 3 heteroatoms. The summed E-state index contributed by atoms with van der Waals surface area (Å²) in [5.74, 6) is 0.946. The number of hydrogen-bond acceptors (Lipinski definition) is 2. The van der Waals surface area contributed by atoms with E-state index in [-0.39, 0.29) is 0 Å². The SMILES string of the molecule is CCCC(NC)c1ccn(Cc2ccccc2OC)c1. The van der Waals surface area contributed by atoms with Gasteiger partial charge in [0.2, 0.25) is 0 Å². The van der Waals surface area contributed by atoms with Crippen molar-refractivity contribution in [3.8, 4) is 5.75 Å². The first kappa shape index (κ1) is 14.7. The second-order valence-electron chi connectivity index (χ2n) is 5.06. The molecule has 0 bridgehead atoms. The second-order valence-corrected chi connectivity index (χ2v) is 5.06. The van der Waals surface area contributed by atoms with E-state index in [1.807, 2.05) is 19.2 Å². The Hall–Kier alpha value is -1.74. The van der Waals surface area contributed by atoms with Crippen LogP contribution in [0.3, 0.4) is 0 Å². The zero-order valence-electron chi connectivity index (χ0n) is 12.6. The first-order valence-corrected chi connectivity index (χ1v) is 7.23. The number of benzene rings is 1. The molecule has 0 saturated heterocycles. The largest absolute Gasteiger partial charge is 0.496 e. The van der Waals surface area contributed by atoms with Gasteiger partial charge in [0.15, 0.2) is 0 Å². The maximum Gasteiger partial charge on any atom is 0.123 e. The Bertz CT molecular complexity index is 533. The van der Waals surface area contributed by atoms with Gasteiger partial charge in [0.1, 0.15) is 5.75 Å². The van der Waals surface area contributed by atoms with E-state index < -0.39 is 0 Å². The number of hydrogen-bond donors (Lipinski definition) is 1. The van der Waals surface area contributed by atoms with Crippen LogP contribution in [0.2, 0.25) is 0 Å². The molecule has 0 radical (unpaired) electrons. The van der Waals surface area contributed by atoms with Gasteiger partial charge in [-0.05, 0) is 31.2 Å². The van der Waals surface area contributed by atoms with E-state index in [0.717, 1.165) is 18.7 Å². The lowest BCUT2D eigenvalue weighted by Crippen LogP contribution is -2.15. The summed E-state index contributed by atoms with van der Waals surface area (Å²) in [6.07, 6.45) is 6.71. The molecule has 2 rings (SSSR count). The summed E-state index contributed by atoms with van der Waals surface area (Å²) in [6, 6.07) is 10.8. The molecule has 0 spiro atoms. The molecule has 3 nitrogen and oxygen atoms in total. The van der Waals surface area contributed by atoms with Gasteiger partial charge in [0, 0.05) is 24.0 Å². The van der Waals surface area contributed by atoms with Gasteiger partial charge in [-0.25, -0.2) is 0 Å². The third-order valence-corrected chi connectivity index (χ3v) is 3.65. The standard InChI is InChI=1S/C17H24N2O/c1-4-7-16(18-2)14-10-11-19(12-14)13-15-8-5-6-9-17(15)20-3/h5-6,8-12,16,18H,4,7,13H2,1-3H3. The topological polar surface area (TPSA) is 26.2 Å². The van der Waals surface area contributed by atoms with E-state index in [0.29, 0.717) is 6.04 Å². The van der Waals surface area contributed by atoms with Crippen molar-refractivity contribution in [2.24, 2.45) is 0 Å². The molecule has 1 aromatic carbocycles. The normalized spacial score (nSPS) is 12.3. The molecule has 1 unspecified atom stereocenters. The van der Waals surface area contributed by atoms with Gasteiger partial charge in [0.25, 0.3) is 0 Å². The molecule has 0 aliphatic carbocycles. The van der Waals surface area contributed by atoms with Gasteiger partial charge in [0.05, 0.1) is 13.7 Å². The third-order valence-electron chi connectivity index (χ3n) is 3.65. The van der Waals surface area contributed by atoms with Crippen molar-refractivity contribution in [2.75, 3.05) is 14.2 Å². The molecule has 1 N–H and O–H groups in total. The van der Waals surface area contributed by atoms with Crippen molar-refractivity contribution < 1.29 is 4.74 Å². The first-order valence-electron chi connectivity index (χ1n) is 7.23. The van der Waals surface area contributed by atoms with Crippen LogP contribution in [0.15, 0.2) is 42.7 Å². The number of rotatable bonds is 7. The third kappa shape index (κ3) is 3.42. The number of methoxy groups -OCH3 is 1. The zero-order chi connectivity index (χ0) is 14.4. The Labute approximate surface area is 121 Å². The molecule has 20 heavy (non-hydrogen) atoms. The fraction of sp³-hybridized carbons (Fsp3) is 0.412. The van der Waals surface area contributed by atoms with E-state index >= 15 is 0 Å². The van der Waals surface area contributed by atoms with E-state index in [2.05, 4.69) is 47.4 Å². The van der Waals surface area contributed by atoms with Crippen LogP contribution in [-0.4, -0.2) is 18.7 Å². The van der Waals surface area contributed by atoms with Crippen molar-refractivity contribution in [3.05, 3.63) is 53.9 Å².